The van der Waals surface area contributed by atoms with Gasteiger partial charge in [0.2, 0.25) is 0 Å². The summed E-state index contributed by atoms with van der Waals surface area (Å²) in [7, 11) is 0. The van der Waals surface area contributed by atoms with Crippen LogP contribution in [0.1, 0.15) is 24.9 Å². The molecule has 1 N–H and O–H groups in total. The fraction of sp³-hybridized carbons (Fsp3) is 0.455. The van der Waals surface area contributed by atoms with Crippen molar-refractivity contribution in [3.05, 3.63) is 35.9 Å². The second-order valence-electron chi connectivity index (χ2n) is 3.34. The summed E-state index contributed by atoms with van der Waals surface area (Å²) in [6.45, 7) is 2.32. The van der Waals surface area contributed by atoms with E-state index in [-0.39, 0.29) is 0 Å². The molecule has 0 heterocycles. The molecular weight excluding hydrogens is 203 g/mol. The Kier molecular flexibility index (Phi) is 4.15. The van der Waals surface area contributed by atoms with Crippen molar-refractivity contribution in [1.29, 1.82) is 0 Å². The van der Waals surface area contributed by atoms with Gasteiger partial charge >= 0.3 is 6.18 Å². The first-order chi connectivity index (χ1) is 7.03. The van der Waals surface area contributed by atoms with Crippen LogP contribution in [0.25, 0.3) is 0 Å². The first-order valence-electron chi connectivity index (χ1n) is 4.88. The van der Waals surface area contributed by atoms with Crippen molar-refractivity contribution in [3.8, 4) is 0 Å². The second kappa shape index (κ2) is 5.16. The first-order valence-corrected chi connectivity index (χ1v) is 4.88. The van der Waals surface area contributed by atoms with E-state index in [9.17, 15) is 13.2 Å². The van der Waals surface area contributed by atoms with Gasteiger partial charge in [0.25, 0.3) is 0 Å². The van der Waals surface area contributed by atoms with Crippen LogP contribution < -0.4 is 5.32 Å². The van der Waals surface area contributed by atoms with Crippen molar-refractivity contribution in [2.24, 2.45) is 0 Å². The molecule has 1 aromatic carbocycles. The summed E-state index contributed by atoms with van der Waals surface area (Å²) in [5, 5.41) is 2.84. The summed E-state index contributed by atoms with van der Waals surface area (Å²) >= 11 is 0. The maximum absolute atomic E-state index is 12.3. The minimum Gasteiger partial charge on any atom is -0.310 e. The van der Waals surface area contributed by atoms with Gasteiger partial charge in [-0.25, -0.2) is 0 Å². The van der Waals surface area contributed by atoms with Crippen LogP contribution in [0.4, 0.5) is 13.2 Å². The zero-order valence-electron chi connectivity index (χ0n) is 8.51. The van der Waals surface area contributed by atoms with Crippen molar-refractivity contribution < 1.29 is 13.2 Å². The zero-order valence-corrected chi connectivity index (χ0v) is 8.51. The Hall–Kier alpha value is -1.03. The third-order valence-electron chi connectivity index (χ3n) is 2.09. The molecule has 0 bridgehead atoms. The Labute approximate surface area is 87.3 Å². The first kappa shape index (κ1) is 12.0. The average Bonchev–Trinajstić information content (AvgIpc) is 2.17. The monoisotopic (exact) mass is 217 g/mol. The second-order valence-corrected chi connectivity index (χ2v) is 3.34. The van der Waals surface area contributed by atoms with Crippen molar-refractivity contribution in [2.75, 3.05) is 6.54 Å². The largest absolute Gasteiger partial charge is 0.390 e. The molecule has 1 aromatic rings. The molecule has 0 amide bonds. The summed E-state index contributed by atoms with van der Waals surface area (Å²) < 4.78 is 36.8. The maximum atomic E-state index is 12.3. The number of halogens is 3. The molecule has 1 rings (SSSR count). The van der Waals surface area contributed by atoms with E-state index in [4.69, 9.17) is 0 Å². The lowest BCUT2D eigenvalue weighted by molar-refractivity contribution is -0.140. The summed E-state index contributed by atoms with van der Waals surface area (Å²) in [6, 6.07) is 8.06. The highest BCUT2D eigenvalue weighted by Gasteiger charge is 2.32. The highest BCUT2D eigenvalue weighted by Crippen LogP contribution is 2.29. The van der Waals surface area contributed by atoms with Gasteiger partial charge in [-0.05, 0) is 12.1 Å². The van der Waals surface area contributed by atoms with Gasteiger partial charge in [-0.2, -0.15) is 13.2 Å². The molecular formula is C11H14F3N. The summed E-state index contributed by atoms with van der Waals surface area (Å²) in [4.78, 5) is 0. The molecule has 0 spiro atoms. The van der Waals surface area contributed by atoms with E-state index in [0.29, 0.717) is 12.1 Å². The minimum absolute atomic E-state index is 0.523. The van der Waals surface area contributed by atoms with Gasteiger partial charge in [-0.3, -0.25) is 0 Å². The van der Waals surface area contributed by atoms with Crippen molar-refractivity contribution in [2.45, 2.75) is 25.6 Å². The van der Waals surface area contributed by atoms with Crippen molar-refractivity contribution in [3.63, 3.8) is 0 Å². The normalized spacial score (nSPS) is 13.9. The molecule has 0 saturated carbocycles. The Balaban J connectivity index is 2.75. The van der Waals surface area contributed by atoms with Crippen molar-refractivity contribution in [1.82, 2.24) is 5.32 Å². The topological polar surface area (TPSA) is 12.0 Å². The number of alkyl halides is 3. The van der Waals surface area contributed by atoms with Crippen molar-refractivity contribution >= 4 is 0 Å². The summed E-state index contributed by atoms with van der Waals surface area (Å²) in [5.41, 5.74) is 0.677. The van der Waals surface area contributed by atoms with Crippen LogP contribution in [-0.2, 0) is 0 Å². The van der Waals surface area contributed by atoms with E-state index in [1.54, 1.807) is 37.3 Å². The van der Waals surface area contributed by atoms with Gasteiger partial charge in [0.05, 0.1) is 6.42 Å². The third kappa shape index (κ3) is 4.34. The van der Waals surface area contributed by atoms with Gasteiger partial charge in [0, 0.05) is 6.04 Å². The van der Waals surface area contributed by atoms with Crippen LogP contribution in [0, 0.1) is 0 Å². The quantitative estimate of drug-likeness (QED) is 0.816. The number of hydrogen-bond acceptors (Lipinski definition) is 1. The van der Waals surface area contributed by atoms with Crippen LogP contribution in [0.3, 0.4) is 0 Å². The SMILES string of the molecule is CCNC(CC(F)(F)F)c1ccccc1. The number of hydrogen-bond donors (Lipinski definition) is 1. The molecule has 15 heavy (non-hydrogen) atoms. The number of benzene rings is 1. The minimum atomic E-state index is -4.14. The smallest absolute Gasteiger partial charge is 0.310 e. The fourth-order valence-corrected chi connectivity index (χ4v) is 1.47. The fourth-order valence-electron chi connectivity index (χ4n) is 1.47. The lowest BCUT2D eigenvalue weighted by Gasteiger charge is -2.19. The Morgan fingerprint density at radius 1 is 1.20 bits per heavy atom. The zero-order chi connectivity index (χ0) is 11.3. The Bertz CT molecular complexity index is 282. The van der Waals surface area contributed by atoms with Crippen LogP contribution >= 0.6 is 0 Å². The standard InChI is InChI=1S/C11H14F3N/c1-2-15-10(8-11(12,13)14)9-6-4-3-5-7-9/h3-7,10,15H,2,8H2,1H3. The molecule has 1 atom stereocenters. The predicted octanol–water partition coefficient (Wildman–Crippen LogP) is 3.29. The van der Waals surface area contributed by atoms with Crippen LogP contribution in [-0.4, -0.2) is 12.7 Å². The van der Waals surface area contributed by atoms with Gasteiger partial charge < -0.3 is 5.32 Å². The van der Waals surface area contributed by atoms with Crippen LogP contribution in [0.2, 0.25) is 0 Å². The van der Waals surface area contributed by atoms with Gasteiger partial charge in [0.1, 0.15) is 0 Å². The Morgan fingerprint density at radius 3 is 2.27 bits per heavy atom. The highest BCUT2D eigenvalue weighted by atomic mass is 19.4. The molecule has 0 radical (unpaired) electrons. The molecule has 0 fully saturated rings. The lowest BCUT2D eigenvalue weighted by atomic mass is 10.0. The predicted molar refractivity (Wildman–Crippen MR) is 53.5 cm³/mol. The lowest BCUT2D eigenvalue weighted by Crippen LogP contribution is -2.26. The molecule has 0 aliphatic heterocycles. The van der Waals surface area contributed by atoms with E-state index in [1.165, 1.54) is 0 Å². The molecule has 4 heteroatoms. The molecule has 0 aliphatic rings. The van der Waals surface area contributed by atoms with E-state index in [1.807, 2.05) is 0 Å². The molecule has 1 unspecified atom stereocenters. The average molecular weight is 217 g/mol. The van der Waals surface area contributed by atoms with Gasteiger partial charge in [-0.15, -0.1) is 0 Å². The molecule has 1 nitrogen and oxygen atoms in total. The van der Waals surface area contributed by atoms with Crippen LogP contribution in [0.15, 0.2) is 30.3 Å². The summed E-state index contributed by atoms with van der Waals surface area (Å²) in [5.74, 6) is 0. The summed E-state index contributed by atoms with van der Waals surface area (Å²) in [6.07, 6.45) is -4.96. The van der Waals surface area contributed by atoms with E-state index >= 15 is 0 Å². The van der Waals surface area contributed by atoms with Gasteiger partial charge in [0.15, 0.2) is 0 Å². The van der Waals surface area contributed by atoms with E-state index in [0.717, 1.165) is 0 Å². The molecule has 0 aliphatic carbocycles. The van der Waals surface area contributed by atoms with E-state index in [2.05, 4.69) is 5.32 Å². The Morgan fingerprint density at radius 2 is 1.80 bits per heavy atom. The molecule has 0 saturated heterocycles. The van der Waals surface area contributed by atoms with Gasteiger partial charge in [-0.1, -0.05) is 37.3 Å². The third-order valence-corrected chi connectivity index (χ3v) is 2.09. The van der Waals surface area contributed by atoms with Crippen LogP contribution in [0.5, 0.6) is 0 Å². The molecule has 0 aromatic heterocycles. The number of nitrogens with one attached hydrogen (secondary N) is 1. The van der Waals surface area contributed by atoms with E-state index < -0.39 is 18.6 Å². The molecule has 84 valence electrons. The maximum Gasteiger partial charge on any atom is 0.390 e. The number of rotatable bonds is 4. The highest BCUT2D eigenvalue weighted by molar-refractivity contribution is 5.19.